The topological polar surface area (TPSA) is 98.5 Å². The van der Waals surface area contributed by atoms with Gasteiger partial charge in [-0.25, -0.2) is 0 Å². The molecule has 0 unspecified atom stereocenters. The van der Waals surface area contributed by atoms with E-state index in [1.807, 2.05) is 42.5 Å². The van der Waals surface area contributed by atoms with E-state index in [9.17, 15) is 18.0 Å². The first-order valence-corrected chi connectivity index (χ1v) is 11.6. The molecule has 1 aliphatic heterocycles. The maximum atomic E-state index is 13.4. The Morgan fingerprint density at radius 3 is 2.45 bits per heavy atom. The van der Waals surface area contributed by atoms with Gasteiger partial charge in [-0.05, 0) is 48.5 Å². The van der Waals surface area contributed by atoms with E-state index in [1.165, 1.54) is 18.2 Å². The number of H-pyrrole nitrogens is 2. The van der Waals surface area contributed by atoms with Crippen LogP contribution in [0.25, 0.3) is 34.4 Å². The van der Waals surface area contributed by atoms with Crippen LogP contribution in [0.4, 0.5) is 30.2 Å². The van der Waals surface area contributed by atoms with Crippen molar-refractivity contribution in [3.63, 3.8) is 0 Å². The van der Waals surface area contributed by atoms with Crippen LogP contribution in [0.2, 0.25) is 0 Å². The molecule has 38 heavy (non-hydrogen) atoms. The third-order valence-corrected chi connectivity index (χ3v) is 6.12. The Morgan fingerprint density at radius 1 is 0.816 bits per heavy atom. The van der Waals surface area contributed by atoms with E-state index in [-0.39, 0.29) is 17.3 Å². The Hall–Kier alpha value is -5.12. The number of nitrogens with zero attached hydrogens (tertiary/aromatic N) is 2. The van der Waals surface area contributed by atoms with Crippen LogP contribution in [0.3, 0.4) is 0 Å². The highest BCUT2D eigenvalue weighted by Crippen LogP contribution is 2.37. The highest BCUT2D eigenvalue weighted by molar-refractivity contribution is 6.35. The summed E-state index contributed by atoms with van der Waals surface area (Å²) in [6.07, 6.45) is -0.917. The summed E-state index contributed by atoms with van der Waals surface area (Å²) in [6, 6.07) is 21.8. The van der Waals surface area contributed by atoms with E-state index in [4.69, 9.17) is 0 Å². The van der Waals surface area contributed by atoms with E-state index < -0.39 is 11.7 Å². The van der Waals surface area contributed by atoms with Crippen LogP contribution in [0.5, 0.6) is 0 Å². The zero-order valence-electron chi connectivity index (χ0n) is 19.6. The second-order valence-corrected chi connectivity index (χ2v) is 8.67. The van der Waals surface area contributed by atoms with Crippen molar-refractivity contribution in [2.45, 2.75) is 6.18 Å². The summed E-state index contributed by atoms with van der Waals surface area (Å²) in [5.74, 6) is 0.187. The van der Waals surface area contributed by atoms with Crippen molar-refractivity contribution in [2.75, 3.05) is 10.6 Å². The van der Waals surface area contributed by atoms with Crippen LogP contribution < -0.4 is 10.6 Å². The van der Waals surface area contributed by atoms with Crippen molar-refractivity contribution >= 4 is 34.6 Å². The van der Waals surface area contributed by atoms with Gasteiger partial charge in [-0.15, -0.1) is 10.2 Å². The van der Waals surface area contributed by atoms with E-state index in [0.29, 0.717) is 22.6 Å². The van der Waals surface area contributed by atoms with Gasteiger partial charge >= 0.3 is 6.18 Å². The maximum Gasteiger partial charge on any atom is 0.417 e. The summed E-state index contributed by atoms with van der Waals surface area (Å²) in [5.41, 5.74) is 4.16. The van der Waals surface area contributed by atoms with Crippen LogP contribution in [0.15, 0.2) is 85.1 Å². The molecule has 0 saturated carbocycles. The van der Waals surface area contributed by atoms with Gasteiger partial charge in [0.15, 0.2) is 11.6 Å². The average molecular weight is 512 g/mol. The second-order valence-electron chi connectivity index (χ2n) is 8.67. The lowest BCUT2D eigenvalue weighted by molar-refractivity contribution is -0.137. The number of hydrogen-bond acceptors (Lipinski definition) is 4. The zero-order chi connectivity index (χ0) is 26.3. The van der Waals surface area contributed by atoms with Gasteiger partial charge < -0.3 is 20.6 Å². The first kappa shape index (κ1) is 23.3. The maximum absolute atomic E-state index is 13.4. The summed E-state index contributed by atoms with van der Waals surface area (Å²) in [4.78, 5) is 18.5. The molecule has 6 rings (SSSR count). The minimum absolute atomic E-state index is 0.0314. The number of amides is 1. The molecule has 0 bridgehead atoms. The van der Waals surface area contributed by atoms with E-state index in [0.717, 1.165) is 28.7 Å². The monoisotopic (exact) mass is 512 g/mol. The normalized spacial score (nSPS) is 14.0. The minimum Gasteiger partial charge on any atom is -0.362 e. The predicted octanol–water partition coefficient (Wildman–Crippen LogP) is 6.72. The number of nitrogens with one attached hydrogen (secondary N) is 4. The molecule has 3 aromatic carbocycles. The van der Waals surface area contributed by atoms with E-state index >= 15 is 0 Å². The van der Waals surface area contributed by atoms with Gasteiger partial charge in [0.2, 0.25) is 0 Å². The number of alkyl halides is 3. The Balaban J connectivity index is 1.25. The van der Waals surface area contributed by atoms with Gasteiger partial charge in [0.05, 0.1) is 16.8 Å². The largest absolute Gasteiger partial charge is 0.417 e. The number of hydrogen-bond donors (Lipinski definition) is 4. The molecule has 0 atom stereocenters. The molecule has 4 N–H and O–H groups in total. The summed E-state index contributed by atoms with van der Waals surface area (Å²) < 4.78 is 40.3. The Morgan fingerprint density at radius 2 is 1.63 bits per heavy atom. The van der Waals surface area contributed by atoms with Crippen LogP contribution in [0, 0.1) is 0 Å². The molecule has 0 aliphatic carbocycles. The first-order valence-electron chi connectivity index (χ1n) is 11.6. The van der Waals surface area contributed by atoms with Crippen molar-refractivity contribution in [1.82, 2.24) is 20.2 Å². The highest BCUT2D eigenvalue weighted by Gasteiger charge is 2.34. The van der Waals surface area contributed by atoms with Crippen LogP contribution in [-0.2, 0) is 11.0 Å². The molecule has 10 heteroatoms. The summed E-state index contributed by atoms with van der Waals surface area (Å²) >= 11 is 0. The number of halogens is 3. The number of anilines is 3. The Bertz CT molecular complexity index is 1690. The molecule has 2 aromatic heterocycles. The molecule has 7 nitrogen and oxygen atoms in total. The summed E-state index contributed by atoms with van der Waals surface area (Å²) in [7, 11) is 0. The quantitative estimate of drug-likeness (QED) is 0.197. The Kier molecular flexibility index (Phi) is 5.56. The third-order valence-electron chi connectivity index (χ3n) is 6.12. The molecule has 188 valence electrons. The molecule has 1 aliphatic rings. The van der Waals surface area contributed by atoms with Crippen LogP contribution in [-0.4, -0.2) is 26.1 Å². The third kappa shape index (κ3) is 4.43. The fraction of sp³-hybridized carbons (Fsp3) is 0.0357. The van der Waals surface area contributed by atoms with E-state index in [1.54, 1.807) is 24.4 Å². The number of carbonyl (C=O) groups is 1. The first-order chi connectivity index (χ1) is 18.3. The number of rotatable bonds is 5. The molecule has 3 heterocycles. The smallest absolute Gasteiger partial charge is 0.362 e. The molecule has 5 aromatic rings. The average Bonchev–Trinajstić information content (AvgIpc) is 3.65. The second kappa shape index (κ2) is 9.07. The van der Waals surface area contributed by atoms with Crippen LogP contribution >= 0.6 is 0 Å². The van der Waals surface area contributed by atoms with Crippen molar-refractivity contribution in [3.05, 3.63) is 102 Å². The van der Waals surface area contributed by atoms with Gasteiger partial charge in [-0.1, -0.05) is 36.4 Å². The van der Waals surface area contributed by atoms with Crippen molar-refractivity contribution in [1.29, 1.82) is 0 Å². The Labute approximate surface area is 214 Å². The number of aromatic nitrogens is 4. The van der Waals surface area contributed by atoms with Gasteiger partial charge in [0.25, 0.3) is 5.91 Å². The van der Waals surface area contributed by atoms with Gasteiger partial charge in [-0.2, -0.15) is 13.2 Å². The molecule has 0 fully saturated rings. The lowest BCUT2D eigenvalue weighted by Gasteiger charge is -2.10. The van der Waals surface area contributed by atoms with Gasteiger partial charge in [0, 0.05) is 40.0 Å². The molecular formula is C28H19F3N6O. The van der Waals surface area contributed by atoms with E-state index in [2.05, 4.69) is 30.8 Å². The number of carbonyl (C=O) groups excluding carboxylic acids is 1. The number of benzene rings is 3. The molecule has 0 saturated heterocycles. The van der Waals surface area contributed by atoms with Crippen molar-refractivity contribution in [2.24, 2.45) is 0 Å². The number of fused-ring (bicyclic) bond motifs is 1. The van der Waals surface area contributed by atoms with Crippen molar-refractivity contribution in [3.8, 4) is 22.8 Å². The fourth-order valence-electron chi connectivity index (χ4n) is 4.37. The standard InChI is InChI=1S/C28H19F3N6O/c29-28(30,31)23-9-2-1-8-21(23)26-35-25(36-37-26)16-5-3-6-18(13-16)33-19-10-11-20-22(14-17-7-4-12-32-17)27(38)34-24(20)15-19/h1-15,32-33H,(H,34,38)(H,35,36,37)/b22-14-. The summed E-state index contributed by atoms with van der Waals surface area (Å²) in [6.45, 7) is 0. The minimum atomic E-state index is -4.51. The van der Waals surface area contributed by atoms with Gasteiger partial charge in [-0.3, -0.25) is 4.79 Å². The van der Waals surface area contributed by atoms with Gasteiger partial charge in [0.1, 0.15) is 0 Å². The molecule has 1 amide bonds. The predicted molar refractivity (Wildman–Crippen MR) is 139 cm³/mol. The molecule has 0 radical (unpaired) electrons. The van der Waals surface area contributed by atoms with Crippen molar-refractivity contribution < 1.29 is 18.0 Å². The number of aromatic amines is 2. The molecular weight excluding hydrogens is 493 g/mol. The fourth-order valence-corrected chi connectivity index (χ4v) is 4.37. The zero-order valence-corrected chi connectivity index (χ0v) is 19.6. The van der Waals surface area contributed by atoms with Crippen LogP contribution in [0.1, 0.15) is 16.8 Å². The lowest BCUT2D eigenvalue weighted by atomic mass is 10.1. The SMILES string of the molecule is O=C1Nc2cc(Nc3cccc(-c4nnc(-c5ccccc5C(F)(F)F)[nH]4)c3)ccc2/C1=C/c1ccc[nH]1. The lowest BCUT2D eigenvalue weighted by Crippen LogP contribution is -2.07. The summed E-state index contributed by atoms with van der Waals surface area (Å²) in [5, 5.41) is 14.2. The molecule has 0 spiro atoms. The highest BCUT2D eigenvalue weighted by atomic mass is 19.4.